The van der Waals surface area contributed by atoms with Gasteiger partial charge in [0.05, 0.1) is 0 Å². The Bertz CT molecular complexity index is 430. The molecule has 98 valence electrons. The zero-order valence-electron chi connectivity index (χ0n) is 10.9. The van der Waals surface area contributed by atoms with Crippen molar-refractivity contribution in [3.8, 4) is 0 Å². The van der Waals surface area contributed by atoms with Crippen molar-refractivity contribution in [2.24, 2.45) is 0 Å². The Kier molecular flexibility index (Phi) is 3.59. The highest BCUT2D eigenvalue weighted by Gasteiger charge is 2.32. The van der Waals surface area contributed by atoms with E-state index in [0.29, 0.717) is 6.04 Å². The summed E-state index contributed by atoms with van der Waals surface area (Å²) in [5.74, 6) is 2.10. The van der Waals surface area contributed by atoms with E-state index in [1.807, 2.05) is 0 Å². The first-order valence-electron chi connectivity index (χ1n) is 6.84. The monoisotopic (exact) mass is 264 g/mol. The maximum atomic E-state index is 4.43. The molecule has 2 aliphatic rings. The lowest BCUT2D eigenvalue weighted by atomic mass is 10.4. The molecule has 1 saturated heterocycles. The van der Waals surface area contributed by atoms with Crippen LogP contribution in [-0.4, -0.2) is 33.6 Å². The molecule has 1 aliphatic heterocycles. The Morgan fingerprint density at radius 1 is 1.28 bits per heavy atom. The van der Waals surface area contributed by atoms with Crippen molar-refractivity contribution in [2.45, 2.75) is 43.8 Å². The van der Waals surface area contributed by atoms with Crippen LogP contribution in [0, 0.1) is 0 Å². The molecule has 3 rings (SSSR count). The van der Waals surface area contributed by atoms with Gasteiger partial charge < -0.3 is 4.90 Å². The molecule has 2 fully saturated rings. The number of thioether (sulfide) groups is 1. The van der Waals surface area contributed by atoms with Crippen LogP contribution < -0.4 is 4.90 Å². The Hall–Kier alpha value is -0.970. The van der Waals surface area contributed by atoms with Crippen molar-refractivity contribution in [1.82, 2.24) is 14.8 Å². The topological polar surface area (TPSA) is 34.0 Å². The lowest BCUT2D eigenvalue weighted by molar-refractivity contribution is 0.652. The molecule has 2 heterocycles. The molecule has 0 atom stereocenters. The summed E-state index contributed by atoms with van der Waals surface area (Å²) in [7, 11) is 0. The quantitative estimate of drug-likeness (QED) is 0.605. The fourth-order valence-electron chi connectivity index (χ4n) is 2.37. The molecule has 0 spiro atoms. The standard InChI is InChI=1S/C13H20N4S/c1-2-3-10-18-13-15-14-12(16-8-4-5-9-16)17(13)11-6-7-11/h2-3,11H,4-10H2,1H3/b3-2+. The van der Waals surface area contributed by atoms with Crippen molar-refractivity contribution in [3.05, 3.63) is 12.2 Å². The average molecular weight is 264 g/mol. The van der Waals surface area contributed by atoms with Gasteiger partial charge in [-0.2, -0.15) is 0 Å². The van der Waals surface area contributed by atoms with E-state index in [0.717, 1.165) is 29.9 Å². The average Bonchev–Trinajstić information content (AvgIpc) is 2.93. The molecule has 5 heteroatoms. The van der Waals surface area contributed by atoms with Crippen LogP contribution in [0.1, 0.15) is 38.6 Å². The number of aromatic nitrogens is 3. The molecule has 18 heavy (non-hydrogen) atoms. The second kappa shape index (κ2) is 5.34. The summed E-state index contributed by atoms with van der Waals surface area (Å²) in [6, 6.07) is 0.656. The number of hydrogen-bond donors (Lipinski definition) is 0. The summed E-state index contributed by atoms with van der Waals surface area (Å²) >= 11 is 1.80. The summed E-state index contributed by atoms with van der Waals surface area (Å²) in [6.45, 7) is 4.34. The molecule has 0 bridgehead atoms. The van der Waals surface area contributed by atoms with Crippen LogP contribution in [0.2, 0.25) is 0 Å². The zero-order chi connectivity index (χ0) is 12.4. The van der Waals surface area contributed by atoms with E-state index in [1.165, 1.54) is 25.7 Å². The third-order valence-electron chi connectivity index (χ3n) is 3.49. The Balaban J connectivity index is 1.80. The number of allylic oxidation sites excluding steroid dienone is 1. The van der Waals surface area contributed by atoms with Crippen LogP contribution in [-0.2, 0) is 0 Å². The summed E-state index contributed by atoms with van der Waals surface area (Å²) in [5.41, 5.74) is 0. The first-order chi connectivity index (χ1) is 8.90. The predicted octanol–water partition coefficient (Wildman–Crippen LogP) is 2.88. The summed E-state index contributed by atoms with van der Waals surface area (Å²) < 4.78 is 2.37. The molecular weight excluding hydrogens is 244 g/mol. The Labute approximate surface area is 112 Å². The van der Waals surface area contributed by atoms with Gasteiger partial charge in [0.25, 0.3) is 0 Å². The van der Waals surface area contributed by atoms with E-state index in [-0.39, 0.29) is 0 Å². The molecule has 4 nitrogen and oxygen atoms in total. The fourth-order valence-corrected chi connectivity index (χ4v) is 3.28. The van der Waals surface area contributed by atoms with Crippen molar-refractivity contribution in [3.63, 3.8) is 0 Å². The maximum Gasteiger partial charge on any atom is 0.228 e. The molecule has 0 aromatic carbocycles. The van der Waals surface area contributed by atoms with Gasteiger partial charge in [-0.05, 0) is 32.6 Å². The minimum absolute atomic E-state index is 0.656. The van der Waals surface area contributed by atoms with Crippen molar-refractivity contribution >= 4 is 17.7 Å². The van der Waals surface area contributed by atoms with E-state index in [4.69, 9.17) is 0 Å². The highest BCUT2D eigenvalue weighted by Crippen LogP contribution is 2.41. The fraction of sp³-hybridized carbons (Fsp3) is 0.692. The molecule has 0 N–H and O–H groups in total. The number of rotatable bonds is 5. The number of hydrogen-bond acceptors (Lipinski definition) is 4. The van der Waals surface area contributed by atoms with Gasteiger partial charge in [0.15, 0.2) is 5.16 Å². The second-order valence-electron chi connectivity index (χ2n) is 4.96. The van der Waals surface area contributed by atoms with Crippen LogP contribution in [0.25, 0.3) is 0 Å². The van der Waals surface area contributed by atoms with Crippen LogP contribution in [0.15, 0.2) is 17.3 Å². The summed E-state index contributed by atoms with van der Waals surface area (Å²) in [5, 5.41) is 9.92. The van der Waals surface area contributed by atoms with Gasteiger partial charge in [-0.1, -0.05) is 23.9 Å². The normalized spacial score (nSPS) is 20.2. The smallest absolute Gasteiger partial charge is 0.228 e. The first-order valence-corrected chi connectivity index (χ1v) is 7.82. The second-order valence-corrected chi connectivity index (χ2v) is 5.95. The van der Waals surface area contributed by atoms with Gasteiger partial charge in [-0.3, -0.25) is 4.57 Å². The highest BCUT2D eigenvalue weighted by atomic mass is 32.2. The molecule has 1 aromatic rings. The Morgan fingerprint density at radius 2 is 2.06 bits per heavy atom. The number of nitrogens with zero attached hydrogens (tertiary/aromatic N) is 4. The molecule has 1 saturated carbocycles. The minimum atomic E-state index is 0.656. The Morgan fingerprint density at radius 3 is 2.72 bits per heavy atom. The SMILES string of the molecule is C/C=C/CSc1nnc(N2CCCC2)n1C1CC1. The lowest BCUT2D eigenvalue weighted by Gasteiger charge is -2.17. The van der Waals surface area contributed by atoms with Gasteiger partial charge in [-0.25, -0.2) is 0 Å². The molecule has 1 aliphatic carbocycles. The van der Waals surface area contributed by atoms with Crippen LogP contribution >= 0.6 is 11.8 Å². The summed E-state index contributed by atoms with van der Waals surface area (Å²) in [4.78, 5) is 2.39. The van der Waals surface area contributed by atoms with Crippen molar-refractivity contribution in [1.29, 1.82) is 0 Å². The van der Waals surface area contributed by atoms with E-state index in [2.05, 4.69) is 38.7 Å². The van der Waals surface area contributed by atoms with E-state index in [1.54, 1.807) is 11.8 Å². The molecule has 0 radical (unpaired) electrons. The summed E-state index contributed by atoms with van der Waals surface area (Å²) in [6.07, 6.45) is 9.42. The molecular formula is C13H20N4S. The van der Waals surface area contributed by atoms with Crippen molar-refractivity contribution < 1.29 is 0 Å². The van der Waals surface area contributed by atoms with Crippen molar-refractivity contribution in [2.75, 3.05) is 23.7 Å². The predicted molar refractivity (Wildman–Crippen MR) is 75.3 cm³/mol. The molecule has 1 aromatic heterocycles. The van der Waals surface area contributed by atoms with E-state index in [9.17, 15) is 0 Å². The van der Waals surface area contributed by atoms with Gasteiger partial charge in [0.2, 0.25) is 5.95 Å². The molecule has 0 unspecified atom stereocenters. The van der Waals surface area contributed by atoms with Crippen LogP contribution in [0.5, 0.6) is 0 Å². The van der Waals surface area contributed by atoms with Crippen LogP contribution in [0.3, 0.4) is 0 Å². The van der Waals surface area contributed by atoms with E-state index < -0.39 is 0 Å². The highest BCUT2D eigenvalue weighted by molar-refractivity contribution is 7.99. The van der Waals surface area contributed by atoms with E-state index >= 15 is 0 Å². The number of anilines is 1. The largest absolute Gasteiger partial charge is 0.341 e. The first kappa shape index (κ1) is 12.1. The maximum absolute atomic E-state index is 4.43. The van der Waals surface area contributed by atoms with Gasteiger partial charge in [0, 0.05) is 24.9 Å². The molecule has 0 amide bonds. The lowest BCUT2D eigenvalue weighted by Crippen LogP contribution is -2.22. The van der Waals surface area contributed by atoms with Gasteiger partial charge >= 0.3 is 0 Å². The van der Waals surface area contributed by atoms with Crippen LogP contribution in [0.4, 0.5) is 5.95 Å². The zero-order valence-corrected chi connectivity index (χ0v) is 11.7. The third kappa shape index (κ3) is 2.41. The third-order valence-corrected chi connectivity index (χ3v) is 4.39. The van der Waals surface area contributed by atoms with Gasteiger partial charge in [0.1, 0.15) is 0 Å². The minimum Gasteiger partial charge on any atom is -0.341 e. The van der Waals surface area contributed by atoms with Gasteiger partial charge in [-0.15, -0.1) is 10.2 Å².